The summed E-state index contributed by atoms with van der Waals surface area (Å²) in [6.07, 6.45) is 4.42. The molecule has 2 aromatic rings. The molecule has 4 rings (SSSR count). The number of carbonyl (C=O) groups is 2. The fourth-order valence-electron chi connectivity index (χ4n) is 4.44. The molecule has 10 heteroatoms. The van der Waals surface area contributed by atoms with Crippen molar-refractivity contribution in [1.82, 2.24) is 14.7 Å². The molecule has 0 saturated carbocycles. The molecule has 1 aromatic carbocycles. The second kappa shape index (κ2) is 11.9. The van der Waals surface area contributed by atoms with Crippen molar-refractivity contribution in [3.8, 4) is 0 Å². The summed E-state index contributed by atoms with van der Waals surface area (Å²) in [5.41, 5.74) is 0.714. The molecule has 0 atom stereocenters. The summed E-state index contributed by atoms with van der Waals surface area (Å²) in [6, 6.07) is 7.63. The first-order chi connectivity index (χ1) is 17.6. The van der Waals surface area contributed by atoms with Gasteiger partial charge in [0.2, 0.25) is 5.91 Å². The summed E-state index contributed by atoms with van der Waals surface area (Å²) >= 11 is 0. The van der Waals surface area contributed by atoms with E-state index in [2.05, 4.69) is 11.7 Å². The van der Waals surface area contributed by atoms with Gasteiger partial charge in [0.05, 0.1) is 7.11 Å². The third-order valence-corrected chi connectivity index (χ3v) is 6.19. The quantitative estimate of drug-likeness (QED) is 0.427. The number of amides is 2. The Hall–Kier alpha value is -3.82. The fraction of sp³-hybridized carbons (Fsp3) is 0.370. The van der Waals surface area contributed by atoms with Crippen molar-refractivity contribution in [2.75, 3.05) is 31.6 Å². The van der Waals surface area contributed by atoms with E-state index in [1.54, 1.807) is 18.1 Å². The van der Waals surface area contributed by atoms with Crippen LogP contribution in [0.15, 0.2) is 60.9 Å². The molecule has 0 radical (unpaired) electrons. The topological polar surface area (TPSA) is 67.7 Å². The van der Waals surface area contributed by atoms with E-state index in [1.165, 1.54) is 11.9 Å². The molecule has 0 spiro atoms. The lowest BCUT2D eigenvalue weighted by molar-refractivity contribution is -0.142. The second-order valence-corrected chi connectivity index (χ2v) is 8.54. The van der Waals surface area contributed by atoms with E-state index in [0.717, 1.165) is 34.5 Å². The van der Waals surface area contributed by atoms with E-state index >= 15 is 0 Å². The number of aryl methyl sites for hydroxylation is 2. The Bertz CT molecular complexity index is 1210. The van der Waals surface area contributed by atoms with Gasteiger partial charge in [-0.1, -0.05) is 36.9 Å². The Morgan fingerprint density at radius 3 is 2.59 bits per heavy atom. The zero-order valence-corrected chi connectivity index (χ0v) is 21.2. The molecule has 0 unspecified atom stereocenters. The van der Waals surface area contributed by atoms with E-state index in [-0.39, 0.29) is 36.7 Å². The second-order valence-electron chi connectivity index (χ2n) is 8.54. The van der Waals surface area contributed by atoms with Crippen LogP contribution in [-0.2, 0) is 35.6 Å². The van der Waals surface area contributed by atoms with Gasteiger partial charge in [0.25, 0.3) is 5.91 Å². The van der Waals surface area contributed by atoms with E-state index in [9.17, 15) is 22.8 Å². The van der Waals surface area contributed by atoms with Crippen LogP contribution in [0.2, 0.25) is 0 Å². The maximum atomic E-state index is 13.1. The highest BCUT2D eigenvalue weighted by atomic mass is 19.4. The van der Waals surface area contributed by atoms with Gasteiger partial charge in [0, 0.05) is 31.4 Å². The molecule has 0 bridgehead atoms. The number of alkyl halides is 3. The molecule has 0 aliphatic carbocycles. The number of aromatic nitrogens is 2. The number of rotatable bonds is 5. The van der Waals surface area contributed by atoms with Crippen LogP contribution in [-0.4, -0.2) is 53.2 Å². The van der Waals surface area contributed by atoms with Gasteiger partial charge in [-0.25, -0.2) is 0 Å². The Labute approximate surface area is 214 Å². The Morgan fingerprint density at radius 2 is 1.95 bits per heavy atom. The summed E-state index contributed by atoms with van der Waals surface area (Å²) in [5, 5.41) is 3.50. The number of fused-ring (bicyclic) bond motifs is 2. The fourth-order valence-corrected chi connectivity index (χ4v) is 4.44. The molecule has 0 fully saturated rings. The first-order valence-corrected chi connectivity index (χ1v) is 11.9. The van der Waals surface area contributed by atoms with E-state index in [4.69, 9.17) is 4.74 Å². The predicted molar refractivity (Wildman–Crippen MR) is 135 cm³/mol. The normalized spacial score (nSPS) is 15.6. The molecule has 198 valence electrons. The number of ether oxygens (including phenoxy) is 1. The minimum atomic E-state index is -4.61. The third kappa shape index (κ3) is 6.31. The zero-order valence-electron chi connectivity index (χ0n) is 21.2. The number of hydrogen-bond acceptors (Lipinski definition) is 4. The van der Waals surface area contributed by atoms with Crippen LogP contribution < -0.4 is 4.90 Å². The van der Waals surface area contributed by atoms with Crippen molar-refractivity contribution < 1.29 is 27.5 Å². The van der Waals surface area contributed by atoms with Crippen molar-refractivity contribution in [2.45, 2.75) is 32.4 Å². The van der Waals surface area contributed by atoms with Gasteiger partial charge in [-0.05, 0) is 50.0 Å². The molecule has 37 heavy (non-hydrogen) atoms. The number of allylic oxidation sites excluding steroid dienone is 4. The summed E-state index contributed by atoms with van der Waals surface area (Å²) in [7, 11) is 2.96. The Kier molecular flexibility index (Phi) is 8.96. The predicted octanol–water partition coefficient (Wildman–Crippen LogP) is 4.70. The van der Waals surface area contributed by atoms with Crippen LogP contribution >= 0.6 is 0 Å². The van der Waals surface area contributed by atoms with E-state index in [1.807, 2.05) is 49.4 Å². The average Bonchev–Trinajstić information content (AvgIpc) is 3.24. The smallest absolute Gasteiger partial charge is 0.435 e. The lowest BCUT2D eigenvalue weighted by atomic mass is 10.0. The van der Waals surface area contributed by atoms with Crippen molar-refractivity contribution in [1.29, 1.82) is 0 Å². The summed E-state index contributed by atoms with van der Waals surface area (Å²) < 4.78 is 45.3. The maximum Gasteiger partial charge on any atom is 0.435 e. The van der Waals surface area contributed by atoms with Crippen molar-refractivity contribution in [2.24, 2.45) is 7.05 Å². The molecular formula is C27H31F3N4O3. The zero-order chi connectivity index (χ0) is 27.2. The van der Waals surface area contributed by atoms with Crippen molar-refractivity contribution in [3.63, 3.8) is 0 Å². The average molecular weight is 517 g/mol. The highest BCUT2D eigenvalue weighted by Gasteiger charge is 2.42. The number of benzene rings is 1. The molecule has 2 aliphatic rings. The van der Waals surface area contributed by atoms with E-state index in [0.29, 0.717) is 6.54 Å². The lowest BCUT2D eigenvalue weighted by Gasteiger charge is -2.33. The number of carbonyl (C=O) groups excluding carboxylic acids is 2. The number of para-hydroxylation sites is 1. The van der Waals surface area contributed by atoms with Crippen LogP contribution in [0, 0.1) is 0 Å². The maximum absolute atomic E-state index is 13.1. The monoisotopic (exact) mass is 516 g/mol. The molecular weight excluding hydrogens is 485 g/mol. The largest absolute Gasteiger partial charge is 0.497 e. The Balaban J connectivity index is 0.000000364. The van der Waals surface area contributed by atoms with Gasteiger partial charge in [0.1, 0.15) is 18.0 Å². The molecule has 7 nitrogen and oxygen atoms in total. The van der Waals surface area contributed by atoms with Gasteiger partial charge < -0.3 is 14.5 Å². The van der Waals surface area contributed by atoms with Gasteiger partial charge >= 0.3 is 6.18 Å². The van der Waals surface area contributed by atoms with Crippen LogP contribution in [0.3, 0.4) is 0 Å². The van der Waals surface area contributed by atoms with Crippen LogP contribution in [0.5, 0.6) is 0 Å². The molecule has 0 saturated heterocycles. The van der Waals surface area contributed by atoms with Gasteiger partial charge in [-0.3, -0.25) is 14.3 Å². The standard InChI is InChI=1S/C19H19F3N4O2.C8H12O/c1-24-16-13(17(23-24)19(20,21)22)8-10-25(18(16)28)11-15(27)26-9-4-6-12-5-2-3-7-14(12)26;1-4-6-7-8(5-2)9-3/h2-3,5,7H,4,6,8-11H2,1H3;4-7H,1H2,2-3H3/b;7-6-,8-5+. The molecule has 2 aliphatic heterocycles. The van der Waals surface area contributed by atoms with Gasteiger partial charge in [0.15, 0.2) is 5.69 Å². The van der Waals surface area contributed by atoms with Gasteiger partial charge in [-0.15, -0.1) is 0 Å². The first kappa shape index (κ1) is 27.8. The highest BCUT2D eigenvalue weighted by Crippen LogP contribution is 2.35. The number of hydrogen-bond donors (Lipinski definition) is 0. The SMILES string of the molecule is C=C/C=C\C(=C/C)OC.Cn1nc(C(F)(F)F)c2c1C(=O)N(CC(=O)N1CCCc3ccccc31)CC2. The minimum Gasteiger partial charge on any atom is -0.497 e. The third-order valence-electron chi connectivity index (χ3n) is 6.19. The van der Waals surface area contributed by atoms with Crippen LogP contribution in [0.25, 0.3) is 0 Å². The highest BCUT2D eigenvalue weighted by molar-refractivity contribution is 6.01. The molecule has 1 aromatic heterocycles. The first-order valence-electron chi connectivity index (χ1n) is 11.9. The van der Waals surface area contributed by atoms with E-state index < -0.39 is 17.8 Å². The molecule has 0 N–H and O–H groups in total. The summed E-state index contributed by atoms with van der Waals surface area (Å²) in [5.74, 6) is 0.0301. The lowest BCUT2D eigenvalue weighted by Crippen LogP contribution is -2.47. The Morgan fingerprint density at radius 1 is 1.22 bits per heavy atom. The van der Waals surface area contributed by atoms with Crippen molar-refractivity contribution in [3.05, 3.63) is 83.4 Å². The summed E-state index contributed by atoms with van der Waals surface area (Å²) in [6.45, 7) is 5.91. The van der Waals surface area contributed by atoms with Gasteiger partial charge in [-0.2, -0.15) is 18.3 Å². The number of nitrogens with zero attached hydrogens (tertiary/aromatic N) is 4. The molecule has 2 amide bonds. The number of methoxy groups -OCH3 is 1. The minimum absolute atomic E-state index is 0.0215. The number of anilines is 1. The van der Waals surface area contributed by atoms with Crippen molar-refractivity contribution >= 4 is 17.5 Å². The summed E-state index contributed by atoms with van der Waals surface area (Å²) in [4.78, 5) is 28.6. The van der Waals surface area contributed by atoms with Crippen LogP contribution in [0.1, 0.15) is 40.7 Å². The molecule has 3 heterocycles. The number of halogens is 3. The van der Waals surface area contributed by atoms with Crippen LogP contribution in [0.4, 0.5) is 18.9 Å².